The maximum atomic E-state index is 12.7. The van der Waals surface area contributed by atoms with Crippen LogP contribution in [0.2, 0.25) is 0 Å². The molecule has 0 atom stereocenters. The maximum absolute atomic E-state index is 12.7. The predicted molar refractivity (Wildman–Crippen MR) is 116 cm³/mol. The topological polar surface area (TPSA) is 73.2 Å². The Kier molecular flexibility index (Phi) is 6.72. The molecule has 7 heteroatoms. The first-order valence-corrected chi connectivity index (χ1v) is 10.2. The molecule has 1 aromatic heterocycles. The molecule has 0 aliphatic heterocycles. The fourth-order valence-electron chi connectivity index (χ4n) is 2.72. The van der Waals surface area contributed by atoms with Gasteiger partial charge in [-0.25, -0.2) is 4.98 Å². The molecule has 0 unspecified atom stereocenters. The average molecular weight is 410 g/mol. The third kappa shape index (κ3) is 5.26. The molecule has 0 saturated heterocycles. The highest BCUT2D eigenvalue weighted by molar-refractivity contribution is 7.99. The molecule has 2 aromatic carbocycles. The Morgan fingerprint density at radius 2 is 1.83 bits per heavy atom. The zero-order valence-electron chi connectivity index (χ0n) is 16.6. The van der Waals surface area contributed by atoms with Crippen LogP contribution in [-0.2, 0) is 4.79 Å². The smallest absolute Gasteiger partial charge is 0.287 e. The van der Waals surface area contributed by atoms with Gasteiger partial charge in [-0.3, -0.25) is 14.2 Å². The van der Waals surface area contributed by atoms with Crippen LogP contribution in [0.4, 0.5) is 5.69 Å². The lowest BCUT2D eigenvalue weighted by molar-refractivity contribution is -0.113. The summed E-state index contributed by atoms with van der Waals surface area (Å²) in [6, 6.07) is 14.9. The Labute approximate surface area is 173 Å². The Bertz CT molecular complexity index is 1030. The molecule has 0 spiro atoms. The Balaban J connectivity index is 1.65. The van der Waals surface area contributed by atoms with Gasteiger partial charge >= 0.3 is 0 Å². The standard InChI is InChI=1S/C22H23N3O3S/c1-15(2)16-4-6-17(7-5-16)24-20(26)14-29-21-22(27)25(13-12-23-21)18-8-10-19(28-3)11-9-18/h4-13,15H,14H2,1-3H3,(H,24,26). The predicted octanol–water partition coefficient (Wildman–Crippen LogP) is 4.10. The molecule has 3 rings (SSSR count). The van der Waals surface area contributed by atoms with Crippen molar-refractivity contribution in [3.63, 3.8) is 0 Å². The molecule has 1 amide bonds. The van der Waals surface area contributed by atoms with Gasteiger partial charge < -0.3 is 10.1 Å². The minimum atomic E-state index is -0.267. The summed E-state index contributed by atoms with van der Waals surface area (Å²) in [6.07, 6.45) is 3.15. The highest BCUT2D eigenvalue weighted by Gasteiger charge is 2.11. The highest BCUT2D eigenvalue weighted by Crippen LogP contribution is 2.18. The number of aromatic nitrogens is 2. The van der Waals surface area contributed by atoms with Crippen LogP contribution < -0.4 is 15.6 Å². The van der Waals surface area contributed by atoms with E-state index in [-0.39, 0.29) is 22.2 Å². The van der Waals surface area contributed by atoms with E-state index in [9.17, 15) is 9.59 Å². The van der Waals surface area contributed by atoms with Gasteiger partial charge in [0.1, 0.15) is 5.75 Å². The average Bonchev–Trinajstić information content (AvgIpc) is 2.73. The first-order chi connectivity index (χ1) is 14.0. The minimum absolute atomic E-state index is 0.0980. The molecular weight excluding hydrogens is 386 g/mol. The number of thioether (sulfide) groups is 1. The zero-order chi connectivity index (χ0) is 20.8. The zero-order valence-corrected chi connectivity index (χ0v) is 17.4. The second-order valence-corrected chi connectivity index (χ2v) is 7.68. The van der Waals surface area contributed by atoms with E-state index in [0.29, 0.717) is 17.4 Å². The summed E-state index contributed by atoms with van der Waals surface area (Å²) < 4.78 is 6.64. The molecule has 3 aromatic rings. The molecule has 29 heavy (non-hydrogen) atoms. The van der Waals surface area contributed by atoms with Gasteiger partial charge in [0, 0.05) is 23.8 Å². The summed E-state index contributed by atoms with van der Waals surface area (Å²) in [5, 5.41) is 3.12. The minimum Gasteiger partial charge on any atom is -0.497 e. The maximum Gasteiger partial charge on any atom is 0.287 e. The summed E-state index contributed by atoms with van der Waals surface area (Å²) in [7, 11) is 1.59. The number of carbonyl (C=O) groups is 1. The number of hydrogen-bond donors (Lipinski definition) is 1. The Morgan fingerprint density at radius 1 is 1.14 bits per heavy atom. The first-order valence-electron chi connectivity index (χ1n) is 9.22. The number of nitrogens with one attached hydrogen (secondary N) is 1. The third-order valence-electron chi connectivity index (χ3n) is 4.36. The number of rotatable bonds is 7. The van der Waals surface area contributed by atoms with E-state index in [1.165, 1.54) is 10.1 Å². The van der Waals surface area contributed by atoms with Gasteiger partial charge in [-0.1, -0.05) is 37.7 Å². The summed E-state index contributed by atoms with van der Waals surface area (Å²) in [5.74, 6) is 1.06. The summed E-state index contributed by atoms with van der Waals surface area (Å²) in [5.41, 5.74) is 2.38. The lowest BCUT2D eigenvalue weighted by atomic mass is 10.0. The van der Waals surface area contributed by atoms with Gasteiger partial charge in [0.05, 0.1) is 12.9 Å². The highest BCUT2D eigenvalue weighted by atomic mass is 32.2. The lowest BCUT2D eigenvalue weighted by Crippen LogP contribution is -2.22. The first kappa shape index (κ1) is 20.7. The van der Waals surface area contributed by atoms with Crippen molar-refractivity contribution in [3.8, 4) is 11.4 Å². The number of nitrogens with zero attached hydrogens (tertiary/aromatic N) is 2. The number of ether oxygens (including phenoxy) is 1. The quantitative estimate of drug-likeness (QED) is 0.595. The van der Waals surface area contributed by atoms with Crippen molar-refractivity contribution < 1.29 is 9.53 Å². The number of methoxy groups -OCH3 is 1. The van der Waals surface area contributed by atoms with Gasteiger partial charge in [0.2, 0.25) is 5.91 Å². The van der Waals surface area contributed by atoms with Crippen LogP contribution in [0.15, 0.2) is 70.7 Å². The van der Waals surface area contributed by atoms with Gasteiger partial charge in [-0.15, -0.1) is 0 Å². The summed E-state index contributed by atoms with van der Waals surface area (Å²) in [6.45, 7) is 4.24. The molecule has 0 fully saturated rings. The summed E-state index contributed by atoms with van der Waals surface area (Å²) >= 11 is 1.12. The van der Waals surface area contributed by atoms with Crippen LogP contribution in [-0.4, -0.2) is 28.3 Å². The third-order valence-corrected chi connectivity index (χ3v) is 5.32. The van der Waals surface area contributed by atoms with Crippen LogP contribution in [0.25, 0.3) is 5.69 Å². The van der Waals surface area contributed by atoms with E-state index < -0.39 is 0 Å². The van der Waals surface area contributed by atoms with Crippen LogP contribution in [0, 0.1) is 0 Å². The number of anilines is 1. The lowest BCUT2D eigenvalue weighted by Gasteiger charge is -2.09. The molecule has 1 N–H and O–H groups in total. The number of benzene rings is 2. The molecule has 150 valence electrons. The van der Waals surface area contributed by atoms with E-state index in [2.05, 4.69) is 24.1 Å². The molecule has 0 radical (unpaired) electrons. The van der Waals surface area contributed by atoms with Gasteiger partial charge in [-0.05, 0) is 47.9 Å². The van der Waals surface area contributed by atoms with E-state index in [4.69, 9.17) is 4.74 Å². The van der Waals surface area contributed by atoms with Gasteiger partial charge in [0.15, 0.2) is 5.03 Å². The van der Waals surface area contributed by atoms with E-state index in [1.807, 2.05) is 24.3 Å². The molecule has 1 heterocycles. The van der Waals surface area contributed by atoms with Crippen molar-refractivity contribution in [3.05, 3.63) is 76.8 Å². The van der Waals surface area contributed by atoms with Crippen molar-refractivity contribution in [2.45, 2.75) is 24.8 Å². The SMILES string of the molecule is COc1ccc(-n2ccnc(SCC(=O)Nc3ccc(C(C)C)cc3)c2=O)cc1. The number of amides is 1. The number of carbonyl (C=O) groups excluding carboxylic acids is 1. The second-order valence-electron chi connectivity index (χ2n) is 6.72. The monoisotopic (exact) mass is 409 g/mol. The largest absolute Gasteiger partial charge is 0.497 e. The molecular formula is C22H23N3O3S. The fourth-order valence-corrected chi connectivity index (χ4v) is 3.42. The molecule has 0 aliphatic rings. The van der Waals surface area contributed by atoms with E-state index in [1.54, 1.807) is 43.8 Å². The van der Waals surface area contributed by atoms with Crippen molar-refractivity contribution in [1.82, 2.24) is 9.55 Å². The second kappa shape index (κ2) is 9.43. The Morgan fingerprint density at radius 3 is 2.45 bits per heavy atom. The van der Waals surface area contributed by atoms with Gasteiger partial charge in [-0.2, -0.15) is 0 Å². The van der Waals surface area contributed by atoms with Crippen LogP contribution >= 0.6 is 11.8 Å². The molecule has 6 nitrogen and oxygen atoms in total. The van der Waals surface area contributed by atoms with Crippen molar-refractivity contribution in [1.29, 1.82) is 0 Å². The van der Waals surface area contributed by atoms with Gasteiger partial charge in [0.25, 0.3) is 5.56 Å². The fraction of sp³-hybridized carbons (Fsp3) is 0.227. The van der Waals surface area contributed by atoms with E-state index >= 15 is 0 Å². The van der Waals surface area contributed by atoms with Crippen LogP contribution in [0.5, 0.6) is 5.75 Å². The number of hydrogen-bond acceptors (Lipinski definition) is 5. The van der Waals surface area contributed by atoms with Crippen LogP contribution in [0.1, 0.15) is 25.3 Å². The van der Waals surface area contributed by atoms with Crippen LogP contribution in [0.3, 0.4) is 0 Å². The summed E-state index contributed by atoms with van der Waals surface area (Å²) in [4.78, 5) is 29.1. The Hall–Kier alpha value is -3.06. The van der Waals surface area contributed by atoms with Crippen molar-refractivity contribution in [2.24, 2.45) is 0 Å². The molecule has 0 saturated carbocycles. The normalized spacial score (nSPS) is 10.8. The molecule has 0 bridgehead atoms. The van der Waals surface area contributed by atoms with Crippen molar-refractivity contribution >= 4 is 23.4 Å². The molecule has 0 aliphatic carbocycles. The van der Waals surface area contributed by atoms with E-state index in [0.717, 1.165) is 17.4 Å². The van der Waals surface area contributed by atoms with Crippen molar-refractivity contribution in [2.75, 3.05) is 18.2 Å².